The lowest BCUT2D eigenvalue weighted by molar-refractivity contribution is 0.188. The van der Waals surface area contributed by atoms with E-state index in [4.69, 9.17) is 0 Å². The lowest BCUT2D eigenvalue weighted by Gasteiger charge is -2.44. The number of piperazine rings is 1. The molecule has 172 valence electrons. The first-order valence-electron chi connectivity index (χ1n) is 11.0. The average Bonchev–Trinajstić information content (AvgIpc) is 3.37. The van der Waals surface area contributed by atoms with Crippen LogP contribution in [0.3, 0.4) is 0 Å². The Morgan fingerprint density at radius 3 is 2.68 bits per heavy atom. The molecule has 1 aliphatic rings. The number of thiazole rings is 1. The molecule has 1 aliphatic heterocycles. The van der Waals surface area contributed by atoms with Crippen molar-refractivity contribution in [2.24, 2.45) is 7.05 Å². The molecule has 0 bridgehead atoms. The summed E-state index contributed by atoms with van der Waals surface area (Å²) in [5.41, 5.74) is 3.29. The van der Waals surface area contributed by atoms with E-state index < -0.39 is 0 Å². The monoisotopic (exact) mass is 474 g/mol. The number of fused-ring (bicyclic) bond motifs is 1. The molecule has 5 rings (SSSR count). The molecule has 0 amide bonds. The van der Waals surface area contributed by atoms with Gasteiger partial charge in [0.25, 0.3) is 5.56 Å². The van der Waals surface area contributed by atoms with E-state index in [0.29, 0.717) is 23.3 Å². The number of pyridine rings is 2. The first-order chi connectivity index (χ1) is 16.5. The van der Waals surface area contributed by atoms with Crippen molar-refractivity contribution in [3.8, 4) is 6.07 Å². The highest BCUT2D eigenvalue weighted by molar-refractivity contribution is 7.09. The topological polar surface area (TPSA) is 78.0 Å². The molecule has 7 nitrogen and oxygen atoms in total. The fraction of sp³-hybridized carbons (Fsp3) is 0.280. The van der Waals surface area contributed by atoms with E-state index in [1.54, 1.807) is 47.3 Å². The van der Waals surface area contributed by atoms with Crippen molar-refractivity contribution >= 4 is 28.1 Å². The maximum Gasteiger partial charge on any atom is 0.252 e. The quantitative estimate of drug-likeness (QED) is 0.449. The Hall–Kier alpha value is -3.61. The number of hydrogen-bond donors (Lipinski definition) is 0. The van der Waals surface area contributed by atoms with Crippen LogP contribution in [0.25, 0.3) is 11.0 Å². The third kappa shape index (κ3) is 3.95. The minimum absolute atomic E-state index is 0.0690. The van der Waals surface area contributed by atoms with Crippen molar-refractivity contribution < 1.29 is 4.39 Å². The molecule has 0 spiro atoms. The number of rotatable bonds is 4. The summed E-state index contributed by atoms with van der Waals surface area (Å²) in [6.45, 7) is 4.23. The number of nitriles is 1. The van der Waals surface area contributed by atoms with Crippen molar-refractivity contribution in [1.29, 1.82) is 5.26 Å². The van der Waals surface area contributed by atoms with Crippen LogP contribution in [0, 0.1) is 17.1 Å². The maximum absolute atomic E-state index is 13.6. The van der Waals surface area contributed by atoms with Crippen molar-refractivity contribution in [3.63, 3.8) is 0 Å². The predicted octanol–water partition coefficient (Wildman–Crippen LogP) is 3.70. The summed E-state index contributed by atoms with van der Waals surface area (Å²) >= 11 is 1.59. The highest BCUT2D eigenvalue weighted by Gasteiger charge is 2.32. The number of hydrogen-bond acceptors (Lipinski definition) is 7. The Bertz CT molecular complexity index is 1430. The van der Waals surface area contributed by atoms with E-state index in [0.717, 1.165) is 29.3 Å². The lowest BCUT2D eigenvalue weighted by Crippen LogP contribution is -2.53. The minimum atomic E-state index is -0.262. The summed E-state index contributed by atoms with van der Waals surface area (Å²) in [6, 6.07) is 13.7. The molecule has 4 aromatic rings. The van der Waals surface area contributed by atoms with E-state index >= 15 is 0 Å². The van der Waals surface area contributed by atoms with Crippen LogP contribution in [0.5, 0.6) is 0 Å². The smallest absolute Gasteiger partial charge is 0.252 e. The van der Waals surface area contributed by atoms with Gasteiger partial charge in [0.05, 0.1) is 17.2 Å². The van der Waals surface area contributed by atoms with Crippen LogP contribution in [-0.4, -0.2) is 45.1 Å². The van der Waals surface area contributed by atoms with Gasteiger partial charge in [0, 0.05) is 50.4 Å². The standard InChI is InChI=1S/C25H23FN6OS/c1-16-15-31(24(25-28-9-12-34-25)17-3-5-18(26)6-4-17)10-11-32(16)21-13-22(33)30(2)20-8-7-19(14-27)29-23(20)21/h3-9,12-13,16,24H,10-11,15H2,1-2H3/t16-,24?/m0/s1. The molecule has 2 atom stereocenters. The highest BCUT2D eigenvalue weighted by Crippen LogP contribution is 2.34. The van der Waals surface area contributed by atoms with Crippen LogP contribution in [0.1, 0.15) is 29.2 Å². The molecule has 0 N–H and O–H groups in total. The largest absolute Gasteiger partial charge is 0.364 e. The third-order valence-electron chi connectivity index (χ3n) is 6.39. The summed E-state index contributed by atoms with van der Waals surface area (Å²) in [7, 11) is 1.71. The Balaban J connectivity index is 1.50. The zero-order valence-electron chi connectivity index (χ0n) is 18.8. The van der Waals surface area contributed by atoms with E-state index in [-0.39, 0.29) is 23.5 Å². The second-order valence-corrected chi connectivity index (χ2v) is 9.39. The van der Waals surface area contributed by atoms with Gasteiger partial charge in [0.2, 0.25) is 0 Å². The minimum Gasteiger partial charge on any atom is -0.364 e. The van der Waals surface area contributed by atoms with Crippen LogP contribution < -0.4 is 10.5 Å². The van der Waals surface area contributed by atoms with Crippen molar-refractivity contribution in [3.05, 3.63) is 86.5 Å². The van der Waals surface area contributed by atoms with Gasteiger partial charge in [0.1, 0.15) is 28.1 Å². The molecule has 0 saturated carbocycles. The Morgan fingerprint density at radius 1 is 1.21 bits per heavy atom. The normalized spacial score (nSPS) is 17.6. The summed E-state index contributed by atoms with van der Waals surface area (Å²) in [5, 5.41) is 12.3. The number of aryl methyl sites for hydroxylation is 1. The van der Waals surface area contributed by atoms with Gasteiger partial charge in [-0.05, 0) is 36.8 Å². The average molecular weight is 475 g/mol. The molecule has 0 aliphatic carbocycles. The molecule has 4 heterocycles. The van der Waals surface area contributed by atoms with Gasteiger partial charge >= 0.3 is 0 Å². The number of halogens is 1. The van der Waals surface area contributed by atoms with Gasteiger partial charge in [-0.15, -0.1) is 11.3 Å². The van der Waals surface area contributed by atoms with Crippen LogP contribution in [-0.2, 0) is 7.05 Å². The van der Waals surface area contributed by atoms with E-state index in [2.05, 4.69) is 32.8 Å². The number of anilines is 1. The number of aromatic nitrogens is 3. The molecule has 0 radical (unpaired) electrons. The first-order valence-corrected chi connectivity index (χ1v) is 11.9. The summed E-state index contributed by atoms with van der Waals surface area (Å²) in [5.74, 6) is -0.262. The fourth-order valence-electron chi connectivity index (χ4n) is 4.70. The fourth-order valence-corrected chi connectivity index (χ4v) is 5.49. The zero-order valence-corrected chi connectivity index (χ0v) is 19.7. The molecule has 1 saturated heterocycles. The molecule has 1 aromatic carbocycles. The molecule has 1 unspecified atom stereocenters. The van der Waals surface area contributed by atoms with Crippen molar-refractivity contribution in [2.75, 3.05) is 24.5 Å². The van der Waals surface area contributed by atoms with Gasteiger partial charge in [-0.1, -0.05) is 12.1 Å². The molecule has 1 fully saturated rings. The van der Waals surface area contributed by atoms with Crippen LogP contribution in [0.2, 0.25) is 0 Å². The molecular formula is C25H23FN6OS. The van der Waals surface area contributed by atoms with Gasteiger partial charge in [-0.2, -0.15) is 5.26 Å². The molecule has 34 heavy (non-hydrogen) atoms. The van der Waals surface area contributed by atoms with Gasteiger partial charge in [0.15, 0.2) is 0 Å². The van der Waals surface area contributed by atoms with Crippen LogP contribution >= 0.6 is 11.3 Å². The third-order valence-corrected chi connectivity index (χ3v) is 7.22. The highest BCUT2D eigenvalue weighted by atomic mass is 32.1. The predicted molar refractivity (Wildman–Crippen MR) is 130 cm³/mol. The first kappa shape index (κ1) is 22.2. The SMILES string of the molecule is C[C@H]1CN(C(c2ccc(F)cc2)c2nccs2)CCN1c1cc(=O)n(C)c2ccc(C#N)nc12. The van der Waals surface area contributed by atoms with Crippen LogP contribution in [0.15, 0.2) is 58.8 Å². The van der Waals surface area contributed by atoms with Gasteiger partial charge < -0.3 is 9.47 Å². The van der Waals surface area contributed by atoms with E-state index in [1.165, 1.54) is 12.1 Å². The second-order valence-electron chi connectivity index (χ2n) is 8.46. The summed E-state index contributed by atoms with van der Waals surface area (Å²) < 4.78 is 15.1. The van der Waals surface area contributed by atoms with Gasteiger partial charge in [-0.25, -0.2) is 14.4 Å². The number of benzene rings is 1. The Morgan fingerprint density at radius 2 is 2.00 bits per heavy atom. The zero-order chi connectivity index (χ0) is 23.8. The Labute approximate surface area is 200 Å². The Kier molecular flexibility index (Phi) is 5.86. The lowest BCUT2D eigenvalue weighted by atomic mass is 10.0. The molecular weight excluding hydrogens is 451 g/mol. The van der Waals surface area contributed by atoms with Gasteiger partial charge in [-0.3, -0.25) is 9.69 Å². The van der Waals surface area contributed by atoms with Crippen molar-refractivity contribution in [2.45, 2.75) is 19.0 Å². The second kappa shape index (κ2) is 8.97. The molecule has 3 aromatic heterocycles. The van der Waals surface area contributed by atoms with E-state index in [9.17, 15) is 14.4 Å². The van der Waals surface area contributed by atoms with Crippen molar-refractivity contribution in [1.82, 2.24) is 19.4 Å². The number of nitrogens with zero attached hydrogens (tertiary/aromatic N) is 6. The maximum atomic E-state index is 13.6. The van der Waals surface area contributed by atoms with Crippen LogP contribution in [0.4, 0.5) is 10.1 Å². The summed E-state index contributed by atoms with van der Waals surface area (Å²) in [4.78, 5) is 26.3. The van der Waals surface area contributed by atoms with E-state index in [1.807, 2.05) is 17.5 Å². The summed E-state index contributed by atoms with van der Waals surface area (Å²) in [6.07, 6.45) is 1.79. The molecule has 9 heteroatoms.